The van der Waals surface area contributed by atoms with E-state index in [4.69, 9.17) is 9.47 Å². The Morgan fingerprint density at radius 3 is 2.46 bits per heavy atom. The van der Waals surface area contributed by atoms with Crippen LogP contribution in [0.1, 0.15) is 12.5 Å². The minimum Gasteiger partial charge on any atom is -0.493 e. The maximum atomic E-state index is 12.4. The van der Waals surface area contributed by atoms with Crippen LogP contribution >= 0.6 is 34.4 Å². The molecule has 6 heteroatoms. The third-order valence-corrected chi connectivity index (χ3v) is 5.25. The van der Waals surface area contributed by atoms with Crippen molar-refractivity contribution >= 4 is 45.9 Å². The van der Waals surface area contributed by atoms with Crippen LogP contribution in [0.5, 0.6) is 11.5 Å². The van der Waals surface area contributed by atoms with Crippen LogP contribution in [0.3, 0.4) is 0 Å². The summed E-state index contributed by atoms with van der Waals surface area (Å²) in [6, 6.07) is 11.6. The van der Waals surface area contributed by atoms with Gasteiger partial charge in [0.15, 0.2) is 11.5 Å². The Labute approximate surface area is 160 Å². The maximum absolute atomic E-state index is 12.4. The third kappa shape index (κ3) is 4.80. The second kappa shape index (κ2) is 8.62. The molecule has 2 aromatic carbocycles. The summed E-state index contributed by atoms with van der Waals surface area (Å²) >= 11 is 3.74. The zero-order valence-corrected chi connectivity index (χ0v) is 17.0. The molecule has 0 spiro atoms. The van der Waals surface area contributed by atoms with Gasteiger partial charge in [0.2, 0.25) is 5.91 Å². The molecule has 24 heavy (non-hydrogen) atoms. The van der Waals surface area contributed by atoms with E-state index in [0.717, 1.165) is 19.7 Å². The van der Waals surface area contributed by atoms with Crippen LogP contribution in [0.25, 0.3) is 0 Å². The fourth-order valence-electron chi connectivity index (χ4n) is 2.15. The Morgan fingerprint density at radius 1 is 1.12 bits per heavy atom. The first kappa shape index (κ1) is 18.9. The lowest BCUT2D eigenvalue weighted by atomic mass is 10.2. The van der Waals surface area contributed by atoms with Crippen molar-refractivity contribution in [1.82, 2.24) is 0 Å². The van der Waals surface area contributed by atoms with Gasteiger partial charge in [-0.15, -0.1) is 11.8 Å². The van der Waals surface area contributed by atoms with Gasteiger partial charge in [0.25, 0.3) is 0 Å². The van der Waals surface area contributed by atoms with E-state index < -0.39 is 0 Å². The number of rotatable bonds is 6. The van der Waals surface area contributed by atoms with E-state index in [1.54, 1.807) is 14.2 Å². The predicted octanol–water partition coefficient (Wildman–Crippen LogP) is 4.74. The summed E-state index contributed by atoms with van der Waals surface area (Å²) in [5, 5.41) is 2.76. The van der Waals surface area contributed by atoms with Crippen molar-refractivity contribution in [2.75, 3.05) is 19.5 Å². The number of nitrogens with one attached hydrogen (secondary N) is 1. The monoisotopic (exact) mass is 457 g/mol. The molecule has 0 bridgehead atoms. The Morgan fingerprint density at radius 2 is 1.83 bits per heavy atom. The minimum absolute atomic E-state index is 0.0286. The molecule has 1 N–H and O–H groups in total. The van der Waals surface area contributed by atoms with E-state index in [0.29, 0.717) is 11.5 Å². The van der Waals surface area contributed by atoms with Gasteiger partial charge in [0.1, 0.15) is 0 Å². The van der Waals surface area contributed by atoms with Gasteiger partial charge in [-0.25, -0.2) is 0 Å². The predicted molar refractivity (Wildman–Crippen MR) is 107 cm³/mol. The second-order valence-electron chi connectivity index (χ2n) is 5.23. The highest BCUT2D eigenvalue weighted by atomic mass is 127. The highest BCUT2D eigenvalue weighted by Crippen LogP contribution is 2.33. The fraction of sp³-hybridized carbons (Fsp3) is 0.278. The Hall–Kier alpha value is -1.41. The normalized spacial score (nSPS) is 11.7. The Bertz CT molecular complexity index is 736. The lowest BCUT2D eigenvalue weighted by molar-refractivity contribution is -0.115. The van der Waals surface area contributed by atoms with Crippen molar-refractivity contribution in [1.29, 1.82) is 0 Å². The molecule has 0 unspecified atom stereocenters. The molecule has 2 aromatic rings. The number of methoxy groups -OCH3 is 2. The molecule has 0 aliphatic rings. The van der Waals surface area contributed by atoms with Crippen molar-refractivity contribution in [3.05, 3.63) is 45.5 Å². The maximum Gasteiger partial charge on any atom is 0.237 e. The standard InChI is InChI=1S/C18H20INO3S/c1-11-9-13(19)5-7-15(11)20-18(21)12(2)24-14-6-8-16(22-3)17(10-14)23-4/h5-10,12H,1-4H3,(H,20,21)/t12-/m1/s1. The smallest absolute Gasteiger partial charge is 0.237 e. The topological polar surface area (TPSA) is 47.6 Å². The average Bonchev–Trinajstić information content (AvgIpc) is 2.57. The number of aryl methyl sites for hydroxylation is 1. The number of amides is 1. The summed E-state index contributed by atoms with van der Waals surface area (Å²) in [6.07, 6.45) is 0. The molecule has 0 saturated heterocycles. The van der Waals surface area contributed by atoms with Crippen molar-refractivity contribution < 1.29 is 14.3 Å². The minimum atomic E-state index is -0.234. The van der Waals surface area contributed by atoms with Gasteiger partial charge >= 0.3 is 0 Å². The summed E-state index contributed by atoms with van der Waals surface area (Å²) in [4.78, 5) is 13.4. The molecular weight excluding hydrogens is 437 g/mol. The van der Waals surface area contributed by atoms with E-state index >= 15 is 0 Å². The lowest BCUT2D eigenvalue weighted by Crippen LogP contribution is -2.22. The molecule has 0 aliphatic heterocycles. The van der Waals surface area contributed by atoms with Crippen LogP contribution in [0.15, 0.2) is 41.3 Å². The lowest BCUT2D eigenvalue weighted by Gasteiger charge is -2.15. The van der Waals surface area contributed by atoms with Crippen LogP contribution in [0, 0.1) is 10.5 Å². The first-order chi connectivity index (χ1) is 11.4. The Kier molecular flexibility index (Phi) is 6.79. The molecule has 0 heterocycles. The summed E-state index contributed by atoms with van der Waals surface area (Å²) in [6.45, 7) is 3.88. The van der Waals surface area contributed by atoms with Crippen molar-refractivity contribution in [2.45, 2.75) is 24.0 Å². The molecule has 0 saturated carbocycles. The number of benzene rings is 2. The highest BCUT2D eigenvalue weighted by molar-refractivity contribution is 14.1. The molecule has 0 fully saturated rings. The van der Waals surface area contributed by atoms with E-state index in [1.165, 1.54) is 11.8 Å². The molecule has 4 nitrogen and oxygen atoms in total. The number of anilines is 1. The van der Waals surface area contributed by atoms with Crippen molar-refractivity contribution in [3.63, 3.8) is 0 Å². The average molecular weight is 457 g/mol. The number of carbonyl (C=O) groups excluding carboxylic acids is 1. The molecule has 1 amide bonds. The van der Waals surface area contributed by atoms with Crippen LogP contribution in [-0.2, 0) is 4.79 Å². The van der Waals surface area contributed by atoms with Gasteiger partial charge in [-0.1, -0.05) is 0 Å². The Balaban J connectivity index is 2.06. The molecule has 0 aromatic heterocycles. The molecule has 0 aliphatic carbocycles. The van der Waals surface area contributed by atoms with Gasteiger partial charge in [-0.05, 0) is 78.4 Å². The fourth-order valence-corrected chi connectivity index (χ4v) is 3.69. The van der Waals surface area contributed by atoms with Crippen LogP contribution in [0.2, 0.25) is 0 Å². The van der Waals surface area contributed by atoms with E-state index in [2.05, 4.69) is 27.9 Å². The van der Waals surface area contributed by atoms with Gasteiger partial charge < -0.3 is 14.8 Å². The summed E-state index contributed by atoms with van der Waals surface area (Å²) in [7, 11) is 3.20. The third-order valence-electron chi connectivity index (χ3n) is 3.48. The quantitative estimate of drug-likeness (QED) is 0.503. The number of thioether (sulfide) groups is 1. The SMILES string of the molecule is COc1ccc(S[C@H](C)C(=O)Nc2ccc(I)cc2C)cc1OC. The summed E-state index contributed by atoms with van der Waals surface area (Å²) < 4.78 is 11.7. The van der Waals surface area contributed by atoms with Crippen LogP contribution in [-0.4, -0.2) is 25.4 Å². The molecule has 128 valence electrons. The number of carbonyl (C=O) groups is 1. The molecular formula is C18H20INO3S. The largest absolute Gasteiger partial charge is 0.493 e. The molecule has 1 atom stereocenters. The zero-order chi connectivity index (χ0) is 17.7. The highest BCUT2D eigenvalue weighted by Gasteiger charge is 2.16. The van der Waals surface area contributed by atoms with Gasteiger partial charge in [-0.3, -0.25) is 4.79 Å². The van der Waals surface area contributed by atoms with Crippen molar-refractivity contribution in [3.8, 4) is 11.5 Å². The zero-order valence-electron chi connectivity index (χ0n) is 14.1. The number of halogens is 1. The summed E-state index contributed by atoms with van der Waals surface area (Å²) in [5.74, 6) is 1.30. The number of hydrogen-bond donors (Lipinski definition) is 1. The summed E-state index contributed by atoms with van der Waals surface area (Å²) in [5.41, 5.74) is 1.90. The van der Waals surface area contributed by atoms with Crippen molar-refractivity contribution in [2.24, 2.45) is 0 Å². The van der Waals surface area contributed by atoms with E-state index in [9.17, 15) is 4.79 Å². The first-order valence-corrected chi connectivity index (χ1v) is 9.36. The first-order valence-electron chi connectivity index (χ1n) is 7.40. The van der Waals surface area contributed by atoms with E-state index in [1.807, 2.05) is 50.2 Å². The van der Waals surface area contributed by atoms with Crippen LogP contribution < -0.4 is 14.8 Å². The van der Waals surface area contributed by atoms with Gasteiger partial charge in [0, 0.05) is 14.2 Å². The van der Waals surface area contributed by atoms with E-state index in [-0.39, 0.29) is 11.2 Å². The van der Waals surface area contributed by atoms with Gasteiger partial charge in [-0.2, -0.15) is 0 Å². The second-order valence-corrected chi connectivity index (χ2v) is 7.89. The van der Waals surface area contributed by atoms with Crippen LogP contribution in [0.4, 0.5) is 5.69 Å². The number of ether oxygens (including phenoxy) is 2. The molecule has 2 rings (SSSR count). The van der Waals surface area contributed by atoms with Gasteiger partial charge in [0.05, 0.1) is 19.5 Å². The number of hydrogen-bond acceptors (Lipinski definition) is 4. The molecule has 0 radical (unpaired) electrons.